The van der Waals surface area contributed by atoms with Crippen LogP contribution < -0.4 is 0 Å². The molecule has 0 amide bonds. The van der Waals surface area contributed by atoms with Crippen LogP contribution in [0.3, 0.4) is 0 Å². The standard InChI is InChI=1S/C25H42O7S2/c1-17(33)11-23(26)30-13-19-3-5-20(6-4-19)15-32-25(28)16-29-22-9-7-21(8-10-22)14-31-24(27)12-18(2)34/h17-22,33-34H,3-16H2,1-2H3. The number of carbonyl (C=O) groups is 3. The van der Waals surface area contributed by atoms with Crippen LogP contribution in [0.1, 0.15) is 78.1 Å². The Balaban J connectivity index is 1.49. The van der Waals surface area contributed by atoms with Crippen molar-refractivity contribution in [2.45, 2.75) is 94.7 Å². The highest BCUT2D eigenvalue weighted by molar-refractivity contribution is 7.81. The van der Waals surface area contributed by atoms with Gasteiger partial charge in [0.25, 0.3) is 0 Å². The van der Waals surface area contributed by atoms with Crippen LogP contribution in [0.5, 0.6) is 0 Å². The smallest absolute Gasteiger partial charge is 0.332 e. The van der Waals surface area contributed by atoms with Crippen LogP contribution in [0, 0.1) is 17.8 Å². The molecule has 7 nitrogen and oxygen atoms in total. The molecule has 2 atom stereocenters. The van der Waals surface area contributed by atoms with Crippen molar-refractivity contribution in [2.75, 3.05) is 26.4 Å². The first kappa shape index (κ1) is 29.3. The molecule has 0 aliphatic heterocycles. The second-order valence-corrected chi connectivity index (χ2v) is 11.8. The molecule has 9 heteroatoms. The lowest BCUT2D eigenvalue weighted by Crippen LogP contribution is -2.28. The van der Waals surface area contributed by atoms with E-state index in [1.54, 1.807) is 0 Å². The zero-order valence-corrected chi connectivity index (χ0v) is 22.4. The second-order valence-electron chi connectivity index (χ2n) is 10.00. The molecular weight excluding hydrogens is 476 g/mol. The van der Waals surface area contributed by atoms with Crippen LogP contribution in [0.2, 0.25) is 0 Å². The molecule has 0 bridgehead atoms. The number of ether oxygens (including phenoxy) is 4. The molecular formula is C25H42O7S2. The van der Waals surface area contributed by atoms with Crippen LogP contribution in [-0.4, -0.2) is 60.9 Å². The van der Waals surface area contributed by atoms with E-state index in [1.807, 2.05) is 13.8 Å². The van der Waals surface area contributed by atoms with E-state index in [-0.39, 0.29) is 41.1 Å². The van der Waals surface area contributed by atoms with Gasteiger partial charge in [0, 0.05) is 10.5 Å². The maximum absolute atomic E-state index is 12.1. The summed E-state index contributed by atoms with van der Waals surface area (Å²) in [6, 6.07) is 0. The van der Waals surface area contributed by atoms with E-state index in [1.165, 1.54) is 0 Å². The topological polar surface area (TPSA) is 88.1 Å². The van der Waals surface area contributed by atoms with Crippen molar-refractivity contribution >= 4 is 43.2 Å². The first-order chi connectivity index (χ1) is 16.2. The maximum atomic E-state index is 12.1. The van der Waals surface area contributed by atoms with Gasteiger partial charge < -0.3 is 18.9 Å². The Morgan fingerprint density at radius 2 is 1.00 bits per heavy atom. The summed E-state index contributed by atoms with van der Waals surface area (Å²) in [4.78, 5) is 35.4. The number of hydrogen-bond acceptors (Lipinski definition) is 9. The summed E-state index contributed by atoms with van der Waals surface area (Å²) in [6.07, 6.45) is 8.21. The molecule has 0 aromatic carbocycles. The SMILES string of the molecule is CC(S)CC(=O)OCC1CCC(COC(=O)COC2CCC(COC(=O)CC(C)S)CC2)CC1. The maximum Gasteiger partial charge on any atom is 0.332 e. The summed E-state index contributed by atoms with van der Waals surface area (Å²) < 4.78 is 21.9. The zero-order chi connectivity index (χ0) is 24.9. The normalized spacial score (nSPS) is 26.8. The van der Waals surface area contributed by atoms with Gasteiger partial charge in [-0.3, -0.25) is 9.59 Å². The molecule has 0 spiro atoms. The van der Waals surface area contributed by atoms with Crippen molar-refractivity contribution in [1.29, 1.82) is 0 Å². The minimum absolute atomic E-state index is 0.00934. The zero-order valence-electron chi connectivity index (χ0n) is 20.6. The van der Waals surface area contributed by atoms with Crippen LogP contribution >= 0.6 is 25.3 Å². The van der Waals surface area contributed by atoms with Gasteiger partial charge in [0.15, 0.2) is 0 Å². The van der Waals surface area contributed by atoms with Crippen molar-refractivity contribution in [1.82, 2.24) is 0 Å². The molecule has 0 aromatic rings. The van der Waals surface area contributed by atoms with Gasteiger partial charge >= 0.3 is 17.9 Å². The van der Waals surface area contributed by atoms with E-state index in [0.717, 1.165) is 51.4 Å². The average Bonchev–Trinajstić information content (AvgIpc) is 2.79. The van der Waals surface area contributed by atoms with Crippen molar-refractivity contribution in [3.8, 4) is 0 Å². The fourth-order valence-corrected chi connectivity index (χ4v) is 4.79. The van der Waals surface area contributed by atoms with E-state index in [2.05, 4.69) is 25.3 Å². The van der Waals surface area contributed by atoms with E-state index in [0.29, 0.717) is 50.4 Å². The quantitative estimate of drug-likeness (QED) is 0.212. The van der Waals surface area contributed by atoms with Crippen molar-refractivity contribution in [2.24, 2.45) is 17.8 Å². The van der Waals surface area contributed by atoms with Gasteiger partial charge in [-0.1, -0.05) is 13.8 Å². The van der Waals surface area contributed by atoms with Crippen molar-refractivity contribution in [3.05, 3.63) is 0 Å². The molecule has 2 fully saturated rings. The van der Waals surface area contributed by atoms with Crippen molar-refractivity contribution < 1.29 is 33.3 Å². The van der Waals surface area contributed by atoms with Gasteiger partial charge in [-0.2, -0.15) is 25.3 Å². The predicted molar refractivity (Wildman–Crippen MR) is 136 cm³/mol. The third kappa shape index (κ3) is 12.7. The van der Waals surface area contributed by atoms with E-state index < -0.39 is 0 Å². The Kier molecular flexibility index (Phi) is 13.7. The minimum atomic E-state index is -0.311. The molecule has 2 unspecified atom stereocenters. The predicted octanol–water partition coefficient (Wildman–Crippen LogP) is 4.41. The highest BCUT2D eigenvalue weighted by Gasteiger charge is 2.25. The minimum Gasteiger partial charge on any atom is -0.465 e. The molecule has 196 valence electrons. The van der Waals surface area contributed by atoms with Crippen LogP contribution in [0.15, 0.2) is 0 Å². The fraction of sp³-hybridized carbons (Fsp3) is 0.880. The first-order valence-corrected chi connectivity index (χ1v) is 13.7. The lowest BCUT2D eigenvalue weighted by molar-refractivity contribution is -0.154. The summed E-state index contributed by atoms with van der Waals surface area (Å²) in [5.41, 5.74) is 0. The summed E-state index contributed by atoms with van der Waals surface area (Å²) >= 11 is 8.42. The molecule has 2 rings (SSSR count). The van der Waals surface area contributed by atoms with Gasteiger partial charge in [0.05, 0.1) is 38.8 Å². The summed E-state index contributed by atoms with van der Waals surface area (Å²) in [5.74, 6) is 0.413. The molecule has 0 saturated heterocycles. The number of esters is 3. The second kappa shape index (κ2) is 15.9. The highest BCUT2D eigenvalue weighted by Crippen LogP contribution is 2.30. The monoisotopic (exact) mass is 518 g/mol. The Hall–Kier alpha value is -0.930. The molecule has 0 aromatic heterocycles. The Labute approximate surface area is 215 Å². The van der Waals surface area contributed by atoms with E-state index >= 15 is 0 Å². The van der Waals surface area contributed by atoms with Gasteiger partial charge in [0.2, 0.25) is 0 Å². The molecule has 0 radical (unpaired) electrons. The van der Waals surface area contributed by atoms with Crippen LogP contribution in [0.4, 0.5) is 0 Å². The van der Waals surface area contributed by atoms with Gasteiger partial charge in [0.1, 0.15) is 6.61 Å². The largest absolute Gasteiger partial charge is 0.465 e. The van der Waals surface area contributed by atoms with Crippen molar-refractivity contribution in [3.63, 3.8) is 0 Å². The van der Waals surface area contributed by atoms with Gasteiger partial charge in [-0.25, -0.2) is 4.79 Å². The first-order valence-electron chi connectivity index (χ1n) is 12.7. The van der Waals surface area contributed by atoms with Gasteiger partial charge in [-0.15, -0.1) is 0 Å². The van der Waals surface area contributed by atoms with Gasteiger partial charge in [-0.05, 0) is 69.1 Å². The number of carbonyl (C=O) groups excluding carboxylic acids is 3. The molecule has 34 heavy (non-hydrogen) atoms. The summed E-state index contributed by atoms with van der Waals surface area (Å²) in [6.45, 7) is 5.08. The lowest BCUT2D eigenvalue weighted by atomic mass is 9.83. The van der Waals surface area contributed by atoms with E-state index in [4.69, 9.17) is 18.9 Å². The van der Waals surface area contributed by atoms with Crippen LogP contribution in [0.25, 0.3) is 0 Å². The Bertz CT molecular complexity index is 573. The highest BCUT2D eigenvalue weighted by atomic mass is 32.1. The molecule has 2 saturated carbocycles. The molecule has 2 aliphatic carbocycles. The number of rotatable bonds is 13. The Morgan fingerprint density at radius 3 is 1.38 bits per heavy atom. The Morgan fingerprint density at radius 1 is 0.647 bits per heavy atom. The lowest BCUT2D eigenvalue weighted by Gasteiger charge is -2.29. The fourth-order valence-electron chi connectivity index (χ4n) is 4.49. The summed E-state index contributed by atoms with van der Waals surface area (Å²) in [7, 11) is 0. The van der Waals surface area contributed by atoms with E-state index in [9.17, 15) is 14.4 Å². The number of hydrogen-bond donors (Lipinski definition) is 2. The van der Waals surface area contributed by atoms with Crippen LogP contribution in [-0.2, 0) is 33.3 Å². The molecule has 2 aliphatic rings. The molecule has 0 N–H and O–H groups in total. The summed E-state index contributed by atoms with van der Waals surface area (Å²) in [5, 5.41) is 0.0238. The third-order valence-electron chi connectivity index (χ3n) is 6.56. The average molecular weight is 519 g/mol. The molecule has 0 heterocycles. The number of thiol groups is 2. The third-order valence-corrected chi connectivity index (χ3v) is 6.93.